The minimum atomic E-state index is -3.25. The van der Waals surface area contributed by atoms with E-state index in [0.717, 1.165) is 11.1 Å². The number of aliphatic hydroxyl groups is 1. The van der Waals surface area contributed by atoms with Crippen LogP contribution in [-0.2, 0) is 25.6 Å². The van der Waals surface area contributed by atoms with E-state index in [-0.39, 0.29) is 36.3 Å². The maximum Gasteiger partial charge on any atom is 0.304 e. The van der Waals surface area contributed by atoms with Gasteiger partial charge in [0, 0.05) is 49.5 Å². The molecule has 230 valence electrons. The number of hydrogen-bond donors (Lipinski definition) is 1. The lowest BCUT2D eigenvalue weighted by molar-refractivity contribution is -0.153. The van der Waals surface area contributed by atoms with E-state index in [1.165, 1.54) is 11.8 Å². The van der Waals surface area contributed by atoms with Crippen molar-refractivity contribution < 1.29 is 33.0 Å². The van der Waals surface area contributed by atoms with Crippen molar-refractivity contribution in [2.45, 2.75) is 76.2 Å². The molecule has 1 fully saturated rings. The van der Waals surface area contributed by atoms with Gasteiger partial charge in [-0.2, -0.15) is 0 Å². The molecule has 3 heterocycles. The highest BCUT2D eigenvalue weighted by molar-refractivity contribution is 6.72. The number of benzene rings is 2. The van der Waals surface area contributed by atoms with Crippen LogP contribution < -0.4 is 9.64 Å². The number of fused-ring (bicyclic) bond motifs is 1. The Labute approximate surface area is 251 Å². The van der Waals surface area contributed by atoms with Crippen LogP contribution in [0.15, 0.2) is 54.7 Å². The van der Waals surface area contributed by atoms with Crippen molar-refractivity contribution in [3.05, 3.63) is 71.5 Å². The number of aromatic nitrogens is 3. The van der Waals surface area contributed by atoms with Crippen molar-refractivity contribution in [1.82, 2.24) is 15.0 Å². The highest BCUT2D eigenvalue weighted by atomic mass is 28.4. The number of nitrogens with zero attached hydrogens (tertiary/aromatic N) is 4. The molecular weight excluding hydrogens is 571 g/mol. The first-order valence-corrected chi connectivity index (χ1v) is 17.5. The van der Waals surface area contributed by atoms with Gasteiger partial charge in [0.2, 0.25) is 14.3 Å². The summed E-state index contributed by atoms with van der Waals surface area (Å²) in [5.74, 6) is -0.501. The average Bonchev–Trinajstić information content (AvgIpc) is 3.41. The van der Waals surface area contributed by atoms with Gasteiger partial charge >= 0.3 is 5.97 Å². The normalized spacial score (nSPS) is 23.1. The van der Waals surface area contributed by atoms with E-state index in [1.807, 2.05) is 49.5 Å². The monoisotopic (exact) mass is 610 g/mol. The highest BCUT2D eigenvalue weighted by Crippen LogP contribution is 2.48. The standard InChI is InChI=1S/C31H39FN4O6Si/c1-19-30(40-3)23-15-22(36-28(39)16-29(36)41-20(2)38)11-12-26(23)42-31(19)27(43(4,5)32)13-14-35-17-25(33-34-35)24(18-37)21-9-7-6-8-10-21/h6-12,15,17,19,24,27,29-31,37H,13-14,16,18H2,1-5H3/t19-,24?,27?,29?,30-,31-/m1/s1. The van der Waals surface area contributed by atoms with E-state index in [9.17, 15) is 14.7 Å². The molecule has 2 aromatic carbocycles. The number of carbonyl (C=O) groups is 2. The third-order valence-electron chi connectivity index (χ3n) is 8.54. The zero-order valence-electron chi connectivity index (χ0n) is 25.1. The van der Waals surface area contributed by atoms with Crippen LogP contribution in [0.1, 0.15) is 55.5 Å². The molecule has 1 amide bonds. The van der Waals surface area contributed by atoms with Crippen molar-refractivity contribution in [1.29, 1.82) is 0 Å². The zero-order chi connectivity index (χ0) is 30.9. The molecule has 3 aromatic rings. The van der Waals surface area contributed by atoms with E-state index in [0.29, 0.717) is 30.1 Å². The fourth-order valence-electron chi connectivity index (χ4n) is 6.31. The molecule has 0 aliphatic carbocycles. The van der Waals surface area contributed by atoms with Crippen molar-refractivity contribution in [2.24, 2.45) is 5.92 Å². The van der Waals surface area contributed by atoms with Gasteiger partial charge in [-0.1, -0.05) is 42.5 Å². The fourth-order valence-corrected chi connectivity index (χ4v) is 8.27. The van der Waals surface area contributed by atoms with Crippen molar-refractivity contribution in [2.75, 3.05) is 18.6 Å². The number of β-lactam (4-membered cyclic amide) rings is 1. The maximum absolute atomic E-state index is 16.0. The van der Waals surface area contributed by atoms with E-state index >= 15 is 4.11 Å². The SMILES string of the molecule is CO[C@H]1c2cc(N3C(=O)CC3OC(C)=O)ccc2O[C@@H](C(CCn2cc(C(CO)c3ccccc3)nn2)[Si](C)(C)F)[C@@H]1C. The Morgan fingerprint density at radius 3 is 2.60 bits per heavy atom. The first-order chi connectivity index (χ1) is 20.5. The number of methoxy groups -OCH3 is 1. The van der Waals surface area contributed by atoms with Crippen molar-refractivity contribution >= 4 is 26.0 Å². The number of esters is 1. The summed E-state index contributed by atoms with van der Waals surface area (Å²) in [5.41, 5.74) is 2.58. The minimum absolute atomic E-state index is 0.0982. The summed E-state index contributed by atoms with van der Waals surface area (Å²) in [6, 6.07) is 15.0. The third kappa shape index (κ3) is 6.36. The van der Waals surface area contributed by atoms with Crippen LogP contribution in [-0.4, -0.2) is 66.4 Å². The van der Waals surface area contributed by atoms with Crippen molar-refractivity contribution in [3.8, 4) is 5.75 Å². The largest absolute Gasteiger partial charge is 0.490 e. The second kappa shape index (κ2) is 12.5. The second-order valence-electron chi connectivity index (χ2n) is 11.9. The van der Waals surface area contributed by atoms with Gasteiger partial charge in [0.05, 0.1) is 30.7 Å². The molecular formula is C31H39FN4O6Si. The van der Waals surface area contributed by atoms with Crippen LogP contribution in [0.5, 0.6) is 5.75 Å². The average molecular weight is 611 g/mol. The molecule has 2 aliphatic rings. The molecule has 1 saturated heterocycles. The van der Waals surface area contributed by atoms with Gasteiger partial charge < -0.3 is 23.4 Å². The molecule has 2 aliphatic heterocycles. The number of anilines is 1. The van der Waals surface area contributed by atoms with Crippen LogP contribution in [0.2, 0.25) is 18.6 Å². The highest BCUT2D eigenvalue weighted by Gasteiger charge is 2.48. The van der Waals surface area contributed by atoms with E-state index in [2.05, 4.69) is 10.3 Å². The molecule has 1 N–H and O–H groups in total. The molecule has 6 atom stereocenters. The molecule has 10 nitrogen and oxygen atoms in total. The number of aliphatic hydroxyl groups excluding tert-OH is 1. The van der Waals surface area contributed by atoms with Gasteiger partial charge in [-0.3, -0.25) is 19.2 Å². The Morgan fingerprint density at radius 2 is 1.98 bits per heavy atom. The van der Waals surface area contributed by atoms with Crippen LogP contribution in [0, 0.1) is 5.92 Å². The van der Waals surface area contributed by atoms with Gasteiger partial charge in [-0.05, 0) is 43.3 Å². The van der Waals surface area contributed by atoms with Crippen LogP contribution >= 0.6 is 0 Å². The summed E-state index contributed by atoms with van der Waals surface area (Å²) in [6.07, 6.45) is 0.949. The maximum atomic E-state index is 16.0. The number of hydrogen-bond acceptors (Lipinski definition) is 8. The van der Waals surface area contributed by atoms with Crippen LogP contribution in [0.4, 0.5) is 9.80 Å². The summed E-state index contributed by atoms with van der Waals surface area (Å²) in [6.45, 7) is 7.05. The van der Waals surface area contributed by atoms with E-state index in [4.69, 9.17) is 14.2 Å². The summed E-state index contributed by atoms with van der Waals surface area (Å²) >= 11 is 0. The number of amides is 1. The summed E-state index contributed by atoms with van der Waals surface area (Å²) in [5, 5.41) is 18.6. The zero-order valence-corrected chi connectivity index (χ0v) is 26.1. The second-order valence-corrected chi connectivity index (χ2v) is 15.7. The van der Waals surface area contributed by atoms with Gasteiger partial charge in [0.25, 0.3) is 0 Å². The lowest BCUT2D eigenvalue weighted by Crippen LogP contribution is -2.55. The van der Waals surface area contributed by atoms with Crippen LogP contribution in [0.25, 0.3) is 0 Å². The lowest BCUT2D eigenvalue weighted by atomic mass is 9.86. The summed E-state index contributed by atoms with van der Waals surface area (Å²) < 4.78 is 35.5. The molecule has 0 spiro atoms. The molecule has 5 rings (SSSR count). The molecule has 1 aromatic heterocycles. The van der Waals surface area contributed by atoms with Gasteiger partial charge in [-0.25, -0.2) is 0 Å². The molecule has 0 saturated carbocycles. The molecule has 3 unspecified atom stereocenters. The topological polar surface area (TPSA) is 116 Å². The van der Waals surface area contributed by atoms with Gasteiger partial charge in [0.15, 0.2) is 6.23 Å². The summed E-state index contributed by atoms with van der Waals surface area (Å²) in [4.78, 5) is 25.3. The fraction of sp³-hybridized carbons (Fsp3) is 0.484. The molecule has 43 heavy (non-hydrogen) atoms. The number of halogens is 1. The first kappa shape index (κ1) is 30.8. The predicted octanol–water partition coefficient (Wildman–Crippen LogP) is 4.75. The Kier molecular flexibility index (Phi) is 9.00. The minimum Gasteiger partial charge on any atom is -0.490 e. The smallest absolute Gasteiger partial charge is 0.304 e. The molecule has 0 bridgehead atoms. The molecule has 0 radical (unpaired) electrons. The Bertz CT molecular complexity index is 1450. The Morgan fingerprint density at radius 1 is 1.23 bits per heavy atom. The molecule has 12 heteroatoms. The van der Waals surface area contributed by atoms with E-state index < -0.39 is 32.8 Å². The van der Waals surface area contributed by atoms with Crippen LogP contribution in [0.3, 0.4) is 0 Å². The Hall–Kier alpha value is -3.61. The first-order valence-electron chi connectivity index (χ1n) is 14.6. The Balaban J connectivity index is 1.35. The van der Waals surface area contributed by atoms with Gasteiger partial charge in [0.1, 0.15) is 11.9 Å². The number of rotatable bonds is 11. The number of carbonyl (C=O) groups excluding carboxylic acids is 2. The quantitative estimate of drug-likeness (QED) is 0.143. The van der Waals surface area contributed by atoms with Gasteiger partial charge in [-0.15, -0.1) is 5.10 Å². The van der Waals surface area contributed by atoms with Crippen molar-refractivity contribution in [3.63, 3.8) is 0 Å². The number of ether oxygens (including phenoxy) is 3. The third-order valence-corrected chi connectivity index (χ3v) is 10.9. The number of aryl methyl sites for hydroxylation is 1. The summed E-state index contributed by atoms with van der Waals surface area (Å²) in [7, 11) is -1.63. The lowest BCUT2D eigenvalue weighted by Gasteiger charge is -2.44. The van der Waals surface area contributed by atoms with E-state index in [1.54, 1.807) is 37.0 Å². The predicted molar refractivity (Wildman–Crippen MR) is 160 cm³/mol.